The van der Waals surface area contributed by atoms with E-state index in [9.17, 15) is 0 Å². The zero-order valence-electron chi connectivity index (χ0n) is 10.9. The van der Waals surface area contributed by atoms with Crippen LogP contribution in [0.4, 0.5) is 0 Å². The monoisotopic (exact) mass is 216 g/mol. The Morgan fingerprint density at radius 3 is 2.38 bits per heavy atom. The lowest BCUT2D eigenvalue weighted by Gasteiger charge is -2.24. The van der Waals surface area contributed by atoms with Crippen LogP contribution < -0.4 is 0 Å². The molecule has 1 aromatic carbocycles. The lowest BCUT2D eigenvalue weighted by Crippen LogP contribution is -2.07. The minimum Gasteiger partial charge on any atom is -0.0588 e. The minimum atomic E-state index is 0.656. The lowest BCUT2D eigenvalue weighted by atomic mass is 9.81. The smallest absolute Gasteiger partial charge is 0.0159 e. The highest BCUT2D eigenvalue weighted by molar-refractivity contribution is 5.35. The molecule has 1 aliphatic rings. The zero-order valence-corrected chi connectivity index (χ0v) is 10.9. The van der Waals surface area contributed by atoms with Gasteiger partial charge in [-0.1, -0.05) is 51.3 Å². The Bertz CT molecular complexity index is 343. The molecule has 0 N–H and O–H groups in total. The van der Waals surface area contributed by atoms with Gasteiger partial charge in [0.1, 0.15) is 0 Å². The SMILES string of the molecule is Cc1ccc(C(C)C)cc1C1CCCCC1. The van der Waals surface area contributed by atoms with Crippen LogP contribution in [0.3, 0.4) is 0 Å². The summed E-state index contributed by atoms with van der Waals surface area (Å²) < 4.78 is 0. The van der Waals surface area contributed by atoms with E-state index in [2.05, 4.69) is 39.0 Å². The van der Waals surface area contributed by atoms with Crippen molar-refractivity contribution in [3.63, 3.8) is 0 Å². The molecule has 1 saturated carbocycles. The van der Waals surface area contributed by atoms with E-state index < -0.39 is 0 Å². The summed E-state index contributed by atoms with van der Waals surface area (Å²) in [7, 11) is 0. The molecule has 0 unspecified atom stereocenters. The predicted molar refractivity (Wildman–Crippen MR) is 71.1 cm³/mol. The number of benzene rings is 1. The Morgan fingerprint density at radius 2 is 1.75 bits per heavy atom. The summed E-state index contributed by atoms with van der Waals surface area (Å²) in [5.74, 6) is 1.50. The largest absolute Gasteiger partial charge is 0.0588 e. The molecule has 16 heavy (non-hydrogen) atoms. The average molecular weight is 216 g/mol. The van der Waals surface area contributed by atoms with Crippen molar-refractivity contribution < 1.29 is 0 Å². The maximum Gasteiger partial charge on any atom is -0.0159 e. The highest BCUT2D eigenvalue weighted by Crippen LogP contribution is 2.35. The third-order valence-corrected chi connectivity index (χ3v) is 4.01. The second-order valence-corrected chi connectivity index (χ2v) is 5.61. The van der Waals surface area contributed by atoms with Crippen LogP contribution >= 0.6 is 0 Å². The molecular weight excluding hydrogens is 192 g/mol. The van der Waals surface area contributed by atoms with E-state index in [4.69, 9.17) is 0 Å². The highest BCUT2D eigenvalue weighted by atomic mass is 14.2. The number of aryl methyl sites for hydroxylation is 1. The third-order valence-electron chi connectivity index (χ3n) is 4.01. The lowest BCUT2D eigenvalue weighted by molar-refractivity contribution is 0.442. The summed E-state index contributed by atoms with van der Waals surface area (Å²) in [4.78, 5) is 0. The first-order valence-electron chi connectivity index (χ1n) is 6.79. The topological polar surface area (TPSA) is 0 Å². The molecule has 1 aromatic rings. The summed E-state index contributed by atoms with van der Waals surface area (Å²) >= 11 is 0. The standard InChI is InChI=1S/C16H24/c1-12(2)15-10-9-13(3)16(11-15)14-7-5-4-6-8-14/h9-12,14H,4-8H2,1-3H3. The molecule has 88 valence electrons. The summed E-state index contributed by atoms with van der Waals surface area (Å²) in [6.07, 6.45) is 7.11. The molecule has 0 nitrogen and oxygen atoms in total. The number of hydrogen-bond acceptors (Lipinski definition) is 0. The molecule has 0 heteroatoms. The van der Waals surface area contributed by atoms with Gasteiger partial charge >= 0.3 is 0 Å². The first kappa shape index (κ1) is 11.7. The molecule has 0 bridgehead atoms. The van der Waals surface area contributed by atoms with Crippen molar-refractivity contribution in [3.8, 4) is 0 Å². The van der Waals surface area contributed by atoms with Crippen LogP contribution in [0.5, 0.6) is 0 Å². The van der Waals surface area contributed by atoms with Gasteiger partial charge in [-0.15, -0.1) is 0 Å². The summed E-state index contributed by atoms with van der Waals surface area (Å²) in [5.41, 5.74) is 4.63. The van der Waals surface area contributed by atoms with Gasteiger partial charge in [-0.2, -0.15) is 0 Å². The fourth-order valence-corrected chi connectivity index (χ4v) is 2.87. The van der Waals surface area contributed by atoms with Gasteiger partial charge in [0.25, 0.3) is 0 Å². The summed E-state index contributed by atoms with van der Waals surface area (Å²) in [6, 6.07) is 7.08. The van der Waals surface area contributed by atoms with Gasteiger partial charge in [-0.05, 0) is 48.3 Å². The molecular formula is C16H24. The molecule has 2 rings (SSSR count). The van der Waals surface area contributed by atoms with Crippen LogP contribution in [-0.4, -0.2) is 0 Å². The molecule has 1 fully saturated rings. The van der Waals surface area contributed by atoms with E-state index in [1.54, 1.807) is 5.56 Å². The summed E-state index contributed by atoms with van der Waals surface area (Å²) in [6.45, 7) is 6.85. The zero-order chi connectivity index (χ0) is 11.5. The van der Waals surface area contributed by atoms with Crippen LogP contribution in [0.25, 0.3) is 0 Å². The van der Waals surface area contributed by atoms with Gasteiger partial charge < -0.3 is 0 Å². The highest BCUT2D eigenvalue weighted by Gasteiger charge is 2.17. The fraction of sp³-hybridized carbons (Fsp3) is 0.625. The average Bonchev–Trinajstić information content (AvgIpc) is 2.30. The van der Waals surface area contributed by atoms with Gasteiger partial charge in [0, 0.05) is 0 Å². The van der Waals surface area contributed by atoms with E-state index in [-0.39, 0.29) is 0 Å². The van der Waals surface area contributed by atoms with Crippen molar-refractivity contribution in [2.24, 2.45) is 0 Å². The Hall–Kier alpha value is -0.780. The van der Waals surface area contributed by atoms with Crippen LogP contribution in [0.2, 0.25) is 0 Å². The molecule has 0 aliphatic heterocycles. The van der Waals surface area contributed by atoms with Crippen LogP contribution in [-0.2, 0) is 0 Å². The maximum atomic E-state index is 2.47. The van der Waals surface area contributed by atoms with Crippen molar-refractivity contribution in [1.82, 2.24) is 0 Å². The minimum absolute atomic E-state index is 0.656. The Balaban J connectivity index is 2.27. The van der Waals surface area contributed by atoms with E-state index in [1.807, 2.05) is 0 Å². The van der Waals surface area contributed by atoms with Crippen LogP contribution in [0.1, 0.15) is 74.5 Å². The molecule has 0 aromatic heterocycles. The Labute approximate surface area is 100 Å². The molecule has 0 heterocycles. The van der Waals surface area contributed by atoms with Crippen molar-refractivity contribution in [2.45, 2.75) is 64.7 Å². The van der Waals surface area contributed by atoms with Gasteiger partial charge in [-0.3, -0.25) is 0 Å². The molecule has 1 aliphatic carbocycles. The van der Waals surface area contributed by atoms with Crippen LogP contribution in [0, 0.1) is 6.92 Å². The van der Waals surface area contributed by atoms with Crippen molar-refractivity contribution in [3.05, 3.63) is 34.9 Å². The molecule has 0 spiro atoms. The first-order chi connectivity index (χ1) is 7.68. The second-order valence-electron chi connectivity index (χ2n) is 5.61. The number of hydrogen-bond donors (Lipinski definition) is 0. The molecule has 0 saturated heterocycles. The quantitative estimate of drug-likeness (QED) is 0.640. The number of rotatable bonds is 2. The molecule has 0 amide bonds. The second kappa shape index (κ2) is 5.03. The fourth-order valence-electron chi connectivity index (χ4n) is 2.87. The van der Waals surface area contributed by atoms with E-state index >= 15 is 0 Å². The Morgan fingerprint density at radius 1 is 1.06 bits per heavy atom. The van der Waals surface area contributed by atoms with E-state index in [0.29, 0.717) is 5.92 Å². The third kappa shape index (κ3) is 2.48. The molecule has 0 radical (unpaired) electrons. The van der Waals surface area contributed by atoms with Gasteiger partial charge in [0.2, 0.25) is 0 Å². The van der Waals surface area contributed by atoms with E-state index in [0.717, 1.165) is 5.92 Å². The van der Waals surface area contributed by atoms with Gasteiger partial charge in [-0.25, -0.2) is 0 Å². The van der Waals surface area contributed by atoms with Crippen molar-refractivity contribution in [2.75, 3.05) is 0 Å². The van der Waals surface area contributed by atoms with Crippen molar-refractivity contribution in [1.29, 1.82) is 0 Å². The van der Waals surface area contributed by atoms with Gasteiger partial charge in [0.05, 0.1) is 0 Å². The summed E-state index contributed by atoms with van der Waals surface area (Å²) in [5, 5.41) is 0. The predicted octanol–water partition coefficient (Wildman–Crippen LogP) is 5.17. The van der Waals surface area contributed by atoms with E-state index in [1.165, 1.54) is 43.2 Å². The van der Waals surface area contributed by atoms with Crippen molar-refractivity contribution >= 4 is 0 Å². The Kier molecular flexibility index (Phi) is 3.68. The normalized spacial score (nSPS) is 18.0. The molecule has 0 atom stereocenters. The van der Waals surface area contributed by atoms with Gasteiger partial charge in [0.15, 0.2) is 0 Å². The first-order valence-corrected chi connectivity index (χ1v) is 6.79. The maximum absolute atomic E-state index is 2.47. The van der Waals surface area contributed by atoms with Crippen LogP contribution in [0.15, 0.2) is 18.2 Å².